The Labute approximate surface area is 193 Å². The van der Waals surface area contributed by atoms with Crippen LogP contribution in [0.25, 0.3) is 0 Å². The van der Waals surface area contributed by atoms with Gasteiger partial charge in [0, 0.05) is 0 Å². The molecule has 0 aliphatic heterocycles. The van der Waals surface area contributed by atoms with E-state index in [4.69, 9.17) is 4.74 Å². The molecule has 168 valence electrons. The van der Waals surface area contributed by atoms with Crippen LogP contribution in [-0.4, -0.2) is 15.3 Å². The summed E-state index contributed by atoms with van der Waals surface area (Å²) in [5, 5.41) is 32.2. The fraction of sp³-hybridized carbons (Fsp3) is 0.143. The van der Waals surface area contributed by atoms with E-state index >= 15 is 0 Å². The fourth-order valence-electron chi connectivity index (χ4n) is 3.94. The molecule has 4 aromatic rings. The van der Waals surface area contributed by atoms with Crippen molar-refractivity contribution in [2.45, 2.75) is 27.7 Å². The van der Waals surface area contributed by atoms with Crippen molar-refractivity contribution in [2.75, 3.05) is 4.90 Å². The summed E-state index contributed by atoms with van der Waals surface area (Å²) in [7, 11) is 0. The van der Waals surface area contributed by atoms with Crippen molar-refractivity contribution in [3.63, 3.8) is 0 Å². The molecule has 0 aliphatic carbocycles. The van der Waals surface area contributed by atoms with Crippen LogP contribution in [0.15, 0.2) is 72.8 Å². The molecule has 0 atom stereocenters. The van der Waals surface area contributed by atoms with E-state index in [0.29, 0.717) is 28.6 Å². The van der Waals surface area contributed by atoms with Gasteiger partial charge in [-0.2, -0.15) is 0 Å². The third-order valence-electron chi connectivity index (χ3n) is 5.46. The summed E-state index contributed by atoms with van der Waals surface area (Å²) >= 11 is 0. The zero-order valence-electron chi connectivity index (χ0n) is 19.1. The minimum atomic E-state index is 0.0465. The molecular weight excluding hydrogens is 414 g/mol. The van der Waals surface area contributed by atoms with Gasteiger partial charge in [-0.15, -0.1) is 0 Å². The summed E-state index contributed by atoms with van der Waals surface area (Å²) in [5.74, 6) is 0.998. The van der Waals surface area contributed by atoms with Gasteiger partial charge in [0.15, 0.2) is 17.2 Å². The van der Waals surface area contributed by atoms with Crippen molar-refractivity contribution in [2.24, 2.45) is 0 Å². The lowest BCUT2D eigenvalue weighted by atomic mass is 10.1. The molecule has 0 saturated heterocycles. The Balaban J connectivity index is 1.92. The quantitative estimate of drug-likeness (QED) is 0.303. The number of ether oxygens (including phenoxy) is 1. The monoisotopic (exact) mass is 441 g/mol. The number of rotatable bonds is 5. The molecule has 0 unspecified atom stereocenters. The summed E-state index contributed by atoms with van der Waals surface area (Å²) in [6, 6.07) is 21.7. The summed E-state index contributed by atoms with van der Waals surface area (Å²) in [4.78, 5) is 1.75. The molecule has 4 aromatic carbocycles. The number of para-hydroxylation sites is 2. The average molecular weight is 442 g/mol. The molecule has 4 rings (SSSR count). The van der Waals surface area contributed by atoms with Crippen molar-refractivity contribution in [1.82, 2.24) is 0 Å². The number of benzene rings is 4. The highest BCUT2D eigenvalue weighted by atomic mass is 16.5. The van der Waals surface area contributed by atoms with E-state index in [2.05, 4.69) is 0 Å². The first kappa shape index (κ1) is 22.1. The van der Waals surface area contributed by atoms with Crippen LogP contribution in [0.3, 0.4) is 0 Å². The number of hydrogen-bond acceptors (Lipinski definition) is 5. The van der Waals surface area contributed by atoms with Crippen molar-refractivity contribution < 1.29 is 20.1 Å². The second-order valence-corrected chi connectivity index (χ2v) is 8.32. The standard InChI is InChI=1S/C28H27NO4/c1-17-9-11-21(24(30)14-17)29(22-12-10-18(2)15-25(22)31)23-7-5-6-8-27(23)33-28-20(4)13-19(3)16-26(28)32/h5-16,30-32H,1-4H3. The fourth-order valence-corrected chi connectivity index (χ4v) is 3.94. The molecule has 0 aliphatic rings. The molecule has 5 heteroatoms. The van der Waals surface area contributed by atoms with Crippen LogP contribution in [-0.2, 0) is 0 Å². The van der Waals surface area contributed by atoms with Crippen LogP contribution in [0.5, 0.6) is 28.7 Å². The predicted molar refractivity (Wildman–Crippen MR) is 132 cm³/mol. The lowest BCUT2D eigenvalue weighted by Gasteiger charge is -2.28. The van der Waals surface area contributed by atoms with E-state index in [1.165, 1.54) is 0 Å². The normalized spacial score (nSPS) is 10.8. The van der Waals surface area contributed by atoms with Gasteiger partial charge in [0.1, 0.15) is 11.5 Å². The number of phenols is 3. The zero-order chi connectivity index (χ0) is 23.7. The van der Waals surface area contributed by atoms with Gasteiger partial charge < -0.3 is 20.1 Å². The van der Waals surface area contributed by atoms with Crippen LogP contribution in [0.2, 0.25) is 0 Å². The average Bonchev–Trinajstić information content (AvgIpc) is 2.74. The molecule has 0 amide bonds. The predicted octanol–water partition coefficient (Wildman–Crippen LogP) is 7.30. The van der Waals surface area contributed by atoms with E-state index in [1.807, 2.05) is 64.1 Å². The number of anilines is 3. The molecule has 0 fully saturated rings. The Morgan fingerprint density at radius 1 is 0.576 bits per heavy atom. The summed E-state index contributed by atoms with van der Waals surface area (Å²) < 4.78 is 6.22. The van der Waals surface area contributed by atoms with Crippen molar-refractivity contribution in [3.8, 4) is 28.7 Å². The van der Waals surface area contributed by atoms with Crippen LogP contribution in [0, 0.1) is 27.7 Å². The van der Waals surface area contributed by atoms with E-state index in [1.54, 1.807) is 41.3 Å². The first-order valence-corrected chi connectivity index (χ1v) is 10.7. The zero-order valence-corrected chi connectivity index (χ0v) is 19.1. The molecule has 33 heavy (non-hydrogen) atoms. The van der Waals surface area contributed by atoms with Gasteiger partial charge in [0.25, 0.3) is 0 Å². The summed E-state index contributed by atoms with van der Waals surface area (Å²) in [5.41, 5.74) is 5.12. The van der Waals surface area contributed by atoms with Crippen LogP contribution in [0.4, 0.5) is 17.1 Å². The lowest BCUT2D eigenvalue weighted by molar-refractivity contribution is 0.409. The highest BCUT2D eigenvalue weighted by molar-refractivity contribution is 5.85. The van der Waals surface area contributed by atoms with Gasteiger partial charge in [-0.05, 0) is 92.4 Å². The molecule has 0 radical (unpaired) electrons. The highest BCUT2D eigenvalue weighted by Crippen LogP contribution is 2.48. The minimum absolute atomic E-state index is 0.0465. The van der Waals surface area contributed by atoms with Crippen molar-refractivity contribution in [1.29, 1.82) is 0 Å². The van der Waals surface area contributed by atoms with Crippen molar-refractivity contribution in [3.05, 3.63) is 95.1 Å². The van der Waals surface area contributed by atoms with Gasteiger partial charge in [-0.25, -0.2) is 0 Å². The summed E-state index contributed by atoms with van der Waals surface area (Å²) in [6.07, 6.45) is 0. The molecule has 0 saturated carbocycles. The van der Waals surface area contributed by atoms with Gasteiger partial charge in [-0.3, -0.25) is 4.90 Å². The molecule has 0 aromatic heterocycles. The third-order valence-corrected chi connectivity index (χ3v) is 5.46. The molecular formula is C28H27NO4. The maximum atomic E-state index is 10.8. The third kappa shape index (κ3) is 4.44. The van der Waals surface area contributed by atoms with E-state index in [-0.39, 0.29) is 17.2 Å². The molecule has 3 N–H and O–H groups in total. The largest absolute Gasteiger partial charge is 0.506 e. The Morgan fingerprint density at radius 3 is 1.67 bits per heavy atom. The molecule has 0 bridgehead atoms. The van der Waals surface area contributed by atoms with Crippen molar-refractivity contribution >= 4 is 17.1 Å². The Morgan fingerprint density at radius 2 is 1.12 bits per heavy atom. The first-order chi connectivity index (χ1) is 15.7. The van der Waals surface area contributed by atoms with Gasteiger partial charge in [0.05, 0.1) is 17.1 Å². The Kier molecular flexibility index (Phi) is 5.88. The second-order valence-electron chi connectivity index (χ2n) is 8.32. The molecule has 0 heterocycles. The Hall–Kier alpha value is -4.12. The maximum absolute atomic E-state index is 10.8. The SMILES string of the molecule is Cc1ccc(N(c2ccc(C)cc2O)c2ccccc2Oc2c(C)cc(C)cc2O)c(O)c1. The number of phenolic OH excluding ortho intramolecular Hbond substituents is 3. The van der Waals surface area contributed by atoms with Gasteiger partial charge in [0.2, 0.25) is 0 Å². The summed E-state index contributed by atoms with van der Waals surface area (Å²) in [6.45, 7) is 7.58. The Bertz CT molecular complexity index is 1260. The number of nitrogens with zero attached hydrogens (tertiary/aromatic N) is 1. The van der Waals surface area contributed by atoms with Crippen LogP contribution in [0.1, 0.15) is 22.3 Å². The van der Waals surface area contributed by atoms with Crippen LogP contribution >= 0.6 is 0 Å². The molecule has 0 spiro atoms. The van der Waals surface area contributed by atoms with Gasteiger partial charge >= 0.3 is 0 Å². The number of hydrogen-bond donors (Lipinski definition) is 3. The van der Waals surface area contributed by atoms with Crippen LogP contribution < -0.4 is 9.64 Å². The van der Waals surface area contributed by atoms with E-state index in [0.717, 1.165) is 22.3 Å². The molecule has 5 nitrogen and oxygen atoms in total. The topological polar surface area (TPSA) is 73.2 Å². The number of aromatic hydroxyl groups is 3. The first-order valence-electron chi connectivity index (χ1n) is 10.7. The van der Waals surface area contributed by atoms with E-state index < -0.39 is 0 Å². The highest BCUT2D eigenvalue weighted by Gasteiger charge is 2.23. The minimum Gasteiger partial charge on any atom is -0.506 e. The lowest BCUT2D eigenvalue weighted by Crippen LogP contribution is -2.12. The van der Waals surface area contributed by atoms with E-state index in [9.17, 15) is 15.3 Å². The number of aryl methyl sites for hydroxylation is 4. The maximum Gasteiger partial charge on any atom is 0.172 e. The van der Waals surface area contributed by atoms with Gasteiger partial charge in [-0.1, -0.05) is 30.3 Å². The second kappa shape index (κ2) is 8.79. The smallest absolute Gasteiger partial charge is 0.172 e.